The van der Waals surface area contributed by atoms with Crippen LogP contribution in [0.5, 0.6) is 5.75 Å². The number of nitrogens with one attached hydrogen (secondary N) is 1. The number of hydrogen-bond donors (Lipinski definition) is 6. The van der Waals surface area contributed by atoms with Gasteiger partial charge in [-0.1, -0.05) is 63.5 Å². The predicted octanol–water partition coefficient (Wildman–Crippen LogP) is 2.84. The van der Waals surface area contributed by atoms with Crippen LogP contribution in [0.1, 0.15) is 70.3 Å². The Morgan fingerprint density at radius 1 is 1.10 bits per heavy atom. The SMILES string of the molecule is CC(C(N)=O)(C(=O)O)C(CCCCC1CCCCC1)NC(=O)N(CC(=O)O)Cc1ccc(OP(=O)(O)O)cc1. The number of unbranched alkanes of at least 4 members (excludes halogenated alkanes) is 1. The summed E-state index contributed by atoms with van der Waals surface area (Å²) in [4.78, 5) is 67.8. The number of benzene rings is 1. The summed E-state index contributed by atoms with van der Waals surface area (Å²) in [6.07, 6.45) is 8.38. The highest BCUT2D eigenvalue weighted by Gasteiger charge is 2.48. The van der Waals surface area contributed by atoms with Crippen molar-refractivity contribution in [1.82, 2.24) is 10.2 Å². The Morgan fingerprint density at radius 3 is 2.23 bits per heavy atom. The molecule has 218 valence electrons. The second-order valence-corrected chi connectivity index (χ2v) is 11.3. The fraction of sp³-hybridized carbons (Fsp3) is 0.600. The topological polar surface area (TPSA) is 217 Å². The van der Waals surface area contributed by atoms with E-state index in [1.165, 1.54) is 43.5 Å². The van der Waals surface area contributed by atoms with Crippen LogP contribution in [0.15, 0.2) is 24.3 Å². The third kappa shape index (κ3) is 10.2. The van der Waals surface area contributed by atoms with Crippen LogP contribution in [0.25, 0.3) is 0 Å². The highest BCUT2D eigenvalue weighted by atomic mass is 31.2. The number of amides is 3. The van der Waals surface area contributed by atoms with Crippen molar-refractivity contribution >= 4 is 31.7 Å². The standard InChI is InChI=1S/C25H38N3O10P/c1-25(22(26)31,23(32)33)20(10-6-5-9-17-7-3-2-4-8-17)27-24(34)28(16-21(29)30)15-18-11-13-19(14-12-18)38-39(35,36)37/h11-14,17,20H,2-10,15-16H2,1H3,(H2,26,31)(H,27,34)(H,29,30)(H,32,33)(H2,35,36,37). The molecule has 1 fully saturated rings. The predicted molar refractivity (Wildman–Crippen MR) is 139 cm³/mol. The first-order valence-electron chi connectivity index (χ1n) is 12.9. The number of nitrogens with two attached hydrogens (primary N) is 1. The van der Waals surface area contributed by atoms with Gasteiger partial charge in [-0.25, -0.2) is 9.36 Å². The smallest absolute Gasteiger partial charge is 0.480 e. The first kappa shape index (κ1) is 32.1. The number of carbonyl (C=O) groups excluding carboxylic acids is 2. The van der Waals surface area contributed by atoms with E-state index in [1.807, 2.05) is 0 Å². The van der Waals surface area contributed by atoms with Crippen molar-refractivity contribution in [1.29, 1.82) is 0 Å². The molecule has 0 bridgehead atoms. The number of carboxylic acid groups (broad SMARTS) is 2. The van der Waals surface area contributed by atoms with Crippen LogP contribution >= 0.6 is 7.82 Å². The van der Waals surface area contributed by atoms with Crippen molar-refractivity contribution in [2.45, 2.75) is 77.3 Å². The van der Waals surface area contributed by atoms with E-state index in [9.17, 15) is 34.0 Å². The largest absolute Gasteiger partial charge is 0.524 e. The van der Waals surface area contributed by atoms with E-state index < -0.39 is 49.7 Å². The molecule has 13 nitrogen and oxygen atoms in total. The fourth-order valence-electron chi connectivity index (χ4n) is 4.81. The lowest BCUT2D eigenvalue weighted by molar-refractivity contribution is -0.155. The Hall–Kier alpha value is -3.15. The Bertz CT molecular complexity index is 1040. The number of aliphatic carboxylic acids is 2. The molecule has 1 aromatic carbocycles. The van der Waals surface area contributed by atoms with Crippen LogP contribution in [-0.2, 0) is 25.5 Å². The highest BCUT2D eigenvalue weighted by Crippen LogP contribution is 2.37. The minimum absolute atomic E-state index is 0.131. The Morgan fingerprint density at radius 2 is 1.72 bits per heavy atom. The van der Waals surface area contributed by atoms with Gasteiger partial charge in [-0.2, -0.15) is 0 Å². The van der Waals surface area contributed by atoms with Crippen molar-refractivity contribution < 1.29 is 48.3 Å². The number of phosphoric ester groups is 1. The monoisotopic (exact) mass is 571 g/mol. The van der Waals surface area contributed by atoms with Crippen molar-refractivity contribution in [3.63, 3.8) is 0 Å². The van der Waals surface area contributed by atoms with E-state index in [-0.39, 0.29) is 18.7 Å². The van der Waals surface area contributed by atoms with Gasteiger partial charge in [-0.3, -0.25) is 24.2 Å². The molecule has 0 saturated heterocycles. The Kier molecular flexibility index (Phi) is 11.8. The van der Waals surface area contributed by atoms with Crippen molar-refractivity contribution in [2.75, 3.05) is 6.54 Å². The first-order valence-corrected chi connectivity index (χ1v) is 14.4. The maximum absolute atomic E-state index is 13.2. The third-order valence-electron chi connectivity index (χ3n) is 7.17. The van der Waals surface area contributed by atoms with Crippen molar-refractivity contribution in [3.05, 3.63) is 29.8 Å². The number of primary amides is 1. The van der Waals surface area contributed by atoms with Crippen LogP contribution in [-0.4, -0.2) is 61.4 Å². The molecule has 1 saturated carbocycles. The number of hydrogen-bond acceptors (Lipinski definition) is 6. The maximum atomic E-state index is 13.2. The molecule has 1 aliphatic carbocycles. The van der Waals surface area contributed by atoms with Crippen LogP contribution in [0.4, 0.5) is 4.79 Å². The maximum Gasteiger partial charge on any atom is 0.524 e. The molecule has 39 heavy (non-hydrogen) atoms. The zero-order valence-electron chi connectivity index (χ0n) is 22.0. The third-order valence-corrected chi connectivity index (χ3v) is 7.61. The summed E-state index contributed by atoms with van der Waals surface area (Å²) in [5.41, 5.74) is 3.74. The lowest BCUT2D eigenvalue weighted by atomic mass is 9.78. The number of carbonyl (C=O) groups is 4. The molecule has 0 heterocycles. The number of carboxylic acids is 2. The molecule has 7 N–H and O–H groups in total. The minimum Gasteiger partial charge on any atom is -0.480 e. The van der Waals surface area contributed by atoms with Gasteiger partial charge in [0.05, 0.1) is 6.04 Å². The molecule has 0 radical (unpaired) electrons. The average Bonchev–Trinajstić information content (AvgIpc) is 2.85. The fourth-order valence-corrected chi connectivity index (χ4v) is 5.20. The normalized spacial score (nSPS) is 16.5. The van der Waals surface area contributed by atoms with Gasteiger partial charge < -0.3 is 30.7 Å². The highest BCUT2D eigenvalue weighted by molar-refractivity contribution is 7.46. The van der Waals surface area contributed by atoms with Crippen LogP contribution in [0, 0.1) is 11.3 Å². The van der Waals surface area contributed by atoms with Crippen LogP contribution in [0.3, 0.4) is 0 Å². The molecule has 14 heteroatoms. The molecule has 1 aromatic rings. The lowest BCUT2D eigenvalue weighted by Gasteiger charge is -2.34. The number of nitrogens with zero attached hydrogens (tertiary/aromatic N) is 1. The molecule has 1 aliphatic rings. The molecular formula is C25H38N3O10P. The molecule has 0 spiro atoms. The Labute approximate surface area is 226 Å². The van der Waals surface area contributed by atoms with Crippen LogP contribution < -0.4 is 15.6 Å². The van der Waals surface area contributed by atoms with Gasteiger partial charge in [0.1, 0.15) is 12.3 Å². The molecule has 0 aromatic heterocycles. The molecular weight excluding hydrogens is 533 g/mol. The summed E-state index contributed by atoms with van der Waals surface area (Å²) in [6, 6.07) is 3.17. The second-order valence-electron chi connectivity index (χ2n) is 10.1. The van der Waals surface area contributed by atoms with Gasteiger partial charge >= 0.3 is 25.8 Å². The van der Waals surface area contributed by atoms with E-state index in [4.69, 9.17) is 15.5 Å². The van der Waals surface area contributed by atoms with Gasteiger partial charge in [0, 0.05) is 6.54 Å². The summed E-state index contributed by atoms with van der Waals surface area (Å²) >= 11 is 0. The van der Waals surface area contributed by atoms with Crippen molar-refractivity contribution in [2.24, 2.45) is 17.1 Å². The van der Waals surface area contributed by atoms with E-state index in [2.05, 4.69) is 9.84 Å². The zero-order valence-corrected chi connectivity index (χ0v) is 22.8. The summed E-state index contributed by atoms with van der Waals surface area (Å²) < 4.78 is 15.5. The zero-order chi connectivity index (χ0) is 29.2. The van der Waals surface area contributed by atoms with Crippen molar-refractivity contribution in [3.8, 4) is 5.75 Å². The van der Waals surface area contributed by atoms with E-state index >= 15 is 0 Å². The van der Waals surface area contributed by atoms with E-state index in [0.29, 0.717) is 17.9 Å². The Balaban J connectivity index is 2.16. The summed E-state index contributed by atoms with van der Waals surface area (Å²) in [5.74, 6) is -3.48. The van der Waals surface area contributed by atoms with Crippen LogP contribution in [0.2, 0.25) is 0 Å². The van der Waals surface area contributed by atoms with Gasteiger partial charge in [-0.15, -0.1) is 0 Å². The molecule has 3 amide bonds. The average molecular weight is 572 g/mol. The van der Waals surface area contributed by atoms with E-state index in [1.54, 1.807) is 0 Å². The second kappa shape index (κ2) is 14.3. The van der Waals surface area contributed by atoms with E-state index in [0.717, 1.165) is 37.5 Å². The quantitative estimate of drug-likeness (QED) is 0.103. The minimum atomic E-state index is -4.77. The first-order chi connectivity index (χ1) is 18.2. The van der Waals surface area contributed by atoms with Gasteiger partial charge in [0.15, 0.2) is 5.41 Å². The summed E-state index contributed by atoms with van der Waals surface area (Å²) in [6.45, 7) is 0.176. The number of urea groups is 1. The summed E-state index contributed by atoms with van der Waals surface area (Å²) in [7, 11) is -4.77. The summed E-state index contributed by atoms with van der Waals surface area (Å²) in [5, 5.41) is 21.7. The molecule has 2 atom stereocenters. The number of phosphoric acid groups is 1. The lowest BCUT2D eigenvalue weighted by Crippen LogP contribution is -2.59. The number of rotatable bonds is 15. The molecule has 2 unspecified atom stereocenters. The molecule has 2 rings (SSSR count). The van der Waals surface area contributed by atoms with Gasteiger partial charge in [0.2, 0.25) is 5.91 Å². The van der Waals surface area contributed by atoms with Gasteiger partial charge in [0.25, 0.3) is 0 Å². The molecule has 0 aliphatic heterocycles. The van der Waals surface area contributed by atoms with Gasteiger partial charge in [-0.05, 0) is 37.0 Å².